The predicted molar refractivity (Wildman–Crippen MR) is 84.2 cm³/mol. The van der Waals surface area contributed by atoms with Crippen molar-refractivity contribution < 1.29 is 8.42 Å². The number of hydrogen-bond donors (Lipinski definition) is 2. The average molecular weight is 296 g/mol. The van der Waals surface area contributed by atoms with Crippen LogP contribution in [0.2, 0.25) is 0 Å². The summed E-state index contributed by atoms with van der Waals surface area (Å²) >= 11 is 0. The molecule has 0 fully saturated rings. The highest BCUT2D eigenvalue weighted by atomic mass is 32.2. The van der Waals surface area contributed by atoms with Gasteiger partial charge < -0.3 is 5.73 Å². The molecule has 112 valence electrons. The number of nitrogen functional groups attached to an aromatic ring is 1. The lowest BCUT2D eigenvalue weighted by Gasteiger charge is -2.14. The third-order valence-electron chi connectivity index (χ3n) is 3.14. The van der Waals surface area contributed by atoms with E-state index in [1.807, 2.05) is 39.8 Å². The Morgan fingerprint density at radius 2 is 1.90 bits per heavy atom. The highest BCUT2D eigenvalue weighted by Gasteiger charge is 2.19. The average Bonchev–Trinajstić information content (AvgIpc) is 2.36. The van der Waals surface area contributed by atoms with Crippen LogP contribution < -0.4 is 10.5 Å². The molecule has 0 radical (unpaired) electrons. The maximum atomic E-state index is 12.4. The minimum absolute atomic E-state index is 0.296. The van der Waals surface area contributed by atoms with Crippen molar-refractivity contribution in [2.75, 3.05) is 12.3 Å². The highest BCUT2D eigenvalue weighted by Crippen LogP contribution is 2.25. The van der Waals surface area contributed by atoms with Crippen LogP contribution in [0.25, 0.3) is 0 Å². The van der Waals surface area contributed by atoms with Crippen LogP contribution >= 0.6 is 0 Å². The van der Waals surface area contributed by atoms with Crippen molar-refractivity contribution in [2.24, 2.45) is 0 Å². The summed E-state index contributed by atoms with van der Waals surface area (Å²) in [6.07, 6.45) is 3.19. The summed E-state index contributed by atoms with van der Waals surface area (Å²) in [4.78, 5) is 0.305. The smallest absolute Gasteiger partial charge is 0.241 e. The third kappa shape index (κ3) is 4.08. The number of nitrogens with one attached hydrogen (secondary N) is 1. The molecule has 0 saturated heterocycles. The maximum Gasteiger partial charge on any atom is 0.241 e. The molecule has 0 aliphatic carbocycles. The number of allylic oxidation sites excluding steroid dienone is 1. The predicted octanol–water partition coefficient (Wildman–Crippen LogP) is 2.64. The fourth-order valence-electron chi connectivity index (χ4n) is 1.98. The maximum absolute atomic E-state index is 12.4. The van der Waals surface area contributed by atoms with Gasteiger partial charge >= 0.3 is 0 Å². The minimum Gasteiger partial charge on any atom is -0.398 e. The van der Waals surface area contributed by atoms with Crippen LogP contribution in [-0.2, 0) is 22.9 Å². The molecular formula is C15H24N2O2S. The van der Waals surface area contributed by atoms with Crippen LogP contribution in [0.3, 0.4) is 0 Å². The van der Waals surface area contributed by atoms with Gasteiger partial charge in [-0.3, -0.25) is 0 Å². The molecule has 0 unspecified atom stereocenters. The van der Waals surface area contributed by atoms with E-state index in [1.54, 1.807) is 6.07 Å². The zero-order valence-electron chi connectivity index (χ0n) is 12.7. The number of anilines is 1. The Kier molecular flexibility index (Phi) is 5.77. The first kappa shape index (κ1) is 16.7. The standard InChI is InChI=1S/C15H24N2O2S/c1-5-12-9-14(16)13(6-2)15(10-12)20(18,19)17-8-7-11(3)4/h7,9-10,17H,5-6,8,16H2,1-4H3. The molecule has 3 N–H and O–H groups in total. The van der Waals surface area contributed by atoms with Crippen LogP contribution in [0.15, 0.2) is 28.7 Å². The first-order chi connectivity index (χ1) is 9.31. The Bertz CT molecular complexity index is 601. The van der Waals surface area contributed by atoms with Crippen molar-refractivity contribution in [1.29, 1.82) is 0 Å². The van der Waals surface area contributed by atoms with E-state index < -0.39 is 10.0 Å². The molecule has 0 spiro atoms. The zero-order valence-corrected chi connectivity index (χ0v) is 13.5. The third-order valence-corrected chi connectivity index (χ3v) is 4.63. The molecular weight excluding hydrogens is 272 g/mol. The van der Waals surface area contributed by atoms with Crippen LogP contribution in [0.1, 0.15) is 38.8 Å². The van der Waals surface area contributed by atoms with E-state index in [1.165, 1.54) is 0 Å². The number of benzene rings is 1. The Morgan fingerprint density at radius 3 is 2.40 bits per heavy atom. The number of aryl methyl sites for hydroxylation is 1. The lowest BCUT2D eigenvalue weighted by atomic mass is 10.1. The van der Waals surface area contributed by atoms with Gasteiger partial charge in [0.2, 0.25) is 10.0 Å². The van der Waals surface area contributed by atoms with Gasteiger partial charge in [0.05, 0.1) is 4.90 Å². The van der Waals surface area contributed by atoms with Crippen LogP contribution in [-0.4, -0.2) is 15.0 Å². The second-order valence-corrected chi connectivity index (χ2v) is 6.74. The van der Waals surface area contributed by atoms with Gasteiger partial charge in [-0.05, 0) is 49.9 Å². The van der Waals surface area contributed by atoms with Crippen molar-refractivity contribution in [2.45, 2.75) is 45.4 Å². The lowest BCUT2D eigenvalue weighted by molar-refractivity contribution is 0.584. The fourth-order valence-corrected chi connectivity index (χ4v) is 3.33. The first-order valence-electron chi connectivity index (χ1n) is 6.86. The molecule has 0 atom stereocenters. The molecule has 0 saturated carbocycles. The van der Waals surface area contributed by atoms with Crippen molar-refractivity contribution in [3.63, 3.8) is 0 Å². The molecule has 0 bridgehead atoms. The summed E-state index contributed by atoms with van der Waals surface area (Å²) in [6.45, 7) is 8.05. The SMILES string of the molecule is CCc1cc(N)c(CC)c(S(=O)(=O)NCC=C(C)C)c1. The van der Waals surface area contributed by atoms with Crippen LogP contribution in [0.5, 0.6) is 0 Å². The van der Waals surface area contributed by atoms with E-state index in [0.29, 0.717) is 29.1 Å². The zero-order chi connectivity index (χ0) is 15.3. The fraction of sp³-hybridized carbons (Fsp3) is 0.467. The van der Waals surface area contributed by atoms with Gasteiger partial charge in [-0.25, -0.2) is 13.1 Å². The molecule has 0 aliphatic heterocycles. The minimum atomic E-state index is -3.53. The van der Waals surface area contributed by atoms with E-state index in [0.717, 1.165) is 17.6 Å². The molecule has 1 aromatic rings. The molecule has 5 heteroatoms. The van der Waals surface area contributed by atoms with Gasteiger partial charge in [0, 0.05) is 12.2 Å². The molecule has 1 aromatic carbocycles. The first-order valence-corrected chi connectivity index (χ1v) is 8.34. The molecule has 4 nitrogen and oxygen atoms in total. The van der Waals surface area contributed by atoms with Gasteiger partial charge in [0.25, 0.3) is 0 Å². The van der Waals surface area contributed by atoms with Gasteiger partial charge in [0.15, 0.2) is 0 Å². The number of hydrogen-bond acceptors (Lipinski definition) is 3. The largest absolute Gasteiger partial charge is 0.398 e. The van der Waals surface area contributed by atoms with E-state index in [2.05, 4.69) is 4.72 Å². The summed E-state index contributed by atoms with van der Waals surface area (Å²) in [6, 6.07) is 3.58. The quantitative estimate of drug-likeness (QED) is 0.626. The molecule has 20 heavy (non-hydrogen) atoms. The second kappa shape index (κ2) is 6.90. The Hall–Kier alpha value is -1.33. The lowest BCUT2D eigenvalue weighted by Crippen LogP contribution is -2.25. The van der Waals surface area contributed by atoms with E-state index in [4.69, 9.17) is 5.73 Å². The summed E-state index contributed by atoms with van der Waals surface area (Å²) in [5, 5.41) is 0. The van der Waals surface area contributed by atoms with Crippen molar-refractivity contribution in [3.05, 3.63) is 34.9 Å². The molecule has 0 aromatic heterocycles. The van der Waals surface area contributed by atoms with Crippen molar-refractivity contribution in [3.8, 4) is 0 Å². The number of nitrogens with two attached hydrogens (primary N) is 1. The van der Waals surface area contributed by atoms with E-state index in [9.17, 15) is 8.42 Å². The monoisotopic (exact) mass is 296 g/mol. The second-order valence-electron chi connectivity index (χ2n) is 5.00. The Balaban J connectivity index is 3.22. The summed E-state index contributed by atoms with van der Waals surface area (Å²) in [5.74, 6) is 0. The highest BCUT2D eigenvalue weighted by molar-refractivity contribution is 7.89. The van der Waals surface area contributed by atoms with E-state index in [-0.39, 0.29) is 0 Å². The molecule has 0 aliphatic rings. The van der Waals surface area contributed by atoms with Gasteiger partial charge in [-0.15, -0.1) is 0 Å². The summed E-state index contributed by atoms with van der Waals surface area (Å²) in [5.41, 5.74) is 9.22. The molecule has 0 heterocycles. The van der Waals surface area contributed by atoms with Gasteiger partial charge in [-0.2, -0.15) is 0 Å². The van der Waals surface area contributed by atoms with Gasteiger partial charge in [0.1, 0.15) is 0 Å². The Morgan fingerprint density at radius 1 is 1.25 bits per heavy atom. The summed E-state index contributed by atoms with van der Waals surface area (Å²) in [7, 11) is -3.53. The molecule has 0 amide bonds. The van der Waals surface area contributed by atoms with Crippen LogP contribution in [0, 0.1) is 0 Å². The van der Waals surface area contributed by atoms with E-state index >= 15 is 0 Å². The number of sulfonamides is 1. The topological polar surface area (TPSA) is 72.2 Å². The van der Waals surface area contributed by atoms with Gasteiger partial charge in [-0.1, -0.05) is 25.5 Å². The van der Waals surface area contributed by atoms with Crippen molar-refractivity contribution in [1.82, 2.24) is 4.72 Å². The number of rotatable bonds is 6. The van der Waals surface area contributed by atoms with Crippen molar-refractivity contribution >= 4 is 15.7 Å². The molecule has 1 rings (SSSR count). The van der Waals surface area contributed by atoms with Crippen LogP contribution in [0.4, 0.5) is 5.69 Å². The summed E-state index contributed by atoms with van der Waals surface area (Å²) < 4.78 is 27.4. The normalized spacial score (nSPS) is 11.4. The Labute approximate surface area is 122 Å².